The first kappa shape index (κ1) is 16.3. The van der Waals surface area contributed by atoms with E-state index in [1.165, 1.54) is 11.1 Å². The zero-order valence-corrected chi connectivity index (χ0v) is 15.9. The van der Waals surface area contributed by atoms with Crippen LogP contribution in [-0.2, 0) is 11.2 Å². The van der Waals surface area contributed by atoms with Crippen LogP contribution in [0.15, 0.2) is 38.8 Å². The van der Waals surface area contributed by atoms with Gasteiger partial charge in [0.15, 0.2) is 0 Å². The molecule has 0 saturated carbocycles. The first-order valence-electron chi connectivity index (χ1n) is 7.15. The Morgan fingerprint density at radius 1 is 1.09 bits per heavy atom. The van der Waals surface area contributed by atoms with Crippen LogP contribution < -0.4 is 5.32 Å². The van der Waals surface area contributed by atoms with Gasteiger partial charge in [-0.05, 0) is 92.2 Å². The number of carbonyl (C=O) groups is 1. The number of aromatic hydroxyl groups is 1. The van der Waals surface area contributed by atoms with Crippen molar-refractivity contribution in [2.45, 2.75) is 20.3 Å². The van der Waals surface area contributed by atoms with E-state index in [4.69, 9.17) is 0 Å². The molecule has 2 aromatic carbocycles. The highest BCUT2D eigenvalue weighted by Crippen LogP contribution is 2.35. The van der Waals surface area contributed by atoms with Gasteiger partial charge in [-0.25, -0.2) is 0 Å². The number of hydrogen-bond acceptors (Lipinski definition) is 2. The molecule has 1 amide bonds. The molecule has 3 nitrogen and oxygen atoms in total. The molecule has 5 heteroatoms. The fourth-order valence-corrected chi connectivity index (χ4v) is 3.83. The number of phenols is 1. The Morgan fingerprint density at radius 3 is 2.35 bits per heavy atom. The zero-order chi connectivity index (χ0) is 16.7. The van der Waals surface area contributed by atoms with Gasteiger partial charge in [0.25, 0.3) is 5.91 Å². The van der Waals surface area contributed by atoms with Gasteiger partial charge in [0.1, 0.15) is 5.75 Å². The number of hydrogen-bond donors (Lipinski definition) is 2. The van der Waals surface area contributed by atoms with Crippen molar-refractivity contribution < 1.29 is 9.90 Å². The summed E-state index contributed by atoms with van der Waals surface area (Å²) in [5, 5.41) is 12.7. The predicted molar refractivity (Wildman–Crippen MR) is 99.7 cm³/mol. The Bertz CT molecular complexity index is 833. The molecule has 0 atom stereocenters. The number of halogens is 2. The number of phenolic OH excluding ortho intramolecular Hbond substituents is 1. The third-order valence-electron chi connectivity index (χ3n) is 4.02. The van der Waals surface area contributed by atoms with Gasteiger partial charge in [0.2, 0.25) is 0 Å². The number of amides is 1. The highest BCUT2D eigenvalue weighted by Gasteiger charge is 2.21. The smallest absolute Gasteiger partial charge is 0.251 e. The zero-order valence-electron chi connectivity index (χ0n) is 12.7. The lowest BCUT2D eigenvalue weighted by atomic mass is 9.93. The van der Waals surface area contributed by atoms with E-state index < -0.39 is 0 Å². The van der Waals surface area contributed by atoms with Crippen LogP contribution in [0.5, 0.6) is 5.75 Å². The summed E-state index contributed by atoms with van der Waals surface area (Å²) < 4.78 is 1.17. The number of nitrogens with one attached hydrogen (secondary N) is 1. The molecule has 0 spiro atoms. The Hall–Kier alpha value is -1.59. The van der Waals surface area contributed by atoms with Crippen LogP contribution in [0.1, 0.15) is 22.3 Å². The van der Waals surface area contributed by atoms with Crippen molar-refractivity contribution in [3.63, 3.8) is 0 Å². The molecule has 0 unspecified atom stereocenters. The Labute approximate surface area is 151 Å². The van der Waals surface area contributed by atoms with Crippen LogP contribution in [0, 0.1) is 13.8 Å². The summed E-state index contributed by atoms with van der Waals surface area (Å²) >= 11 is 6.62. The molecule has 3 rings (SSSR count). The SMILES string of the molecule is Cc1cc2c(cc1C)NC(=O)/C(=C/c1cc(Br)c(O)c(Br)c1)C2. The predicted octanol–water partition coefficient (Wildman–Crippen LogP) is 5.11. The molecule has 0 saturated heterocycles. The lowest BCUT2D eigenvalue weighted by Gasteiger charge is -2.21. The van der Waals surface area contributed by atoms with Crippen molar-refractivity contribution in [3.05, 3.63) is 61.0 Å². The normalized spacial score (nSPS) is 15.5. The number of fused-ring (bicyclic) bond motifs is 1. The summed E-state index contributed by atoms with van der Waals surface area (Å²) in [6.45, 7) is 4.11. The molecule has 0 aromatic heterocycles. The summed E-state index contributed by atoms with van der Waals surface area (Å²) in [7, 11) is 0. The third-order valence-corrected chi connectivity index (χ3v) is 5.23. The Morgan fingerprint density at radius 2 is 1.70 bits per heavy atom. The highest BCUT2D eigenvalue weighted by molar-refractivity contribution is 9.11. The number of anilines is 1. The van der Waals surface area contributed by atoms with Crippen molar-refractivity contribution in [3.8, 4) is 5.75 Å². The molecule has 0 radical (unpaired) electrons. The molecule has 118 valence electrons. The van der Waals surface area contributed by atoms with Gasteiger partial charge in [-0.2, -0.15) is 0 Å². The molecule has 1 aliphatic heterocycles. The fourth-order valence-electron chi connectivity index (χ4n) is 2.61. The van der Waals surface area contributed by atoms with Gasteiger partial charge >= 0.3 is 0 Å². The van der Waals surface area contributed by atoms with Crippen molar-refractivity contribution in [2.24, 2.45) is 0 Å². The van der Waals surface area contributed by atoms with Gasteiger partial charge in [0, 0.05) is 17.7 Å². The van der Waals surface area contributed by atoms with Crippen LogP contribution >= 0.6 is 31.9 Å². The topological polar surface area (TPSA) is 49.3 Å². The number of aryl methyl sites for hydroxylation is 2. The summed E-state index contributed by atoms with van der Waals surface area (Å²) in [5.41, 5.74) is 5.95. The van der Waals surface area contributed by atoms with Crippen molar-refractivity contribution in [1.29, 1.82) is 0 Å². The van der Waals surface area contributed by atoms with Crippen LogP contribution in [0.3, 0.4) is 0 Å². The first-order valence-corrected chi connectivity index (χ1v) is 8.74. The fraction of sp³-hybridized carbons (Fsp3) is 0.167. The van der Waals surface area contributed by atoms with Crippen LogP contribution in [0.2, 0.25) is 0 Å². The molecular weight excluding hydrogens is 422 g/mol. The molecule has 2 N–H and O–H groups in total. The first-order chi connectivity index (χ1) is 10.8. The van der Waals surface area contributed by atoms with Crippen LogP contribution in [-0.4, -0.2) is 11.0 Å². The molecule has 23 heavy (non-hydrogen) atoms. The summed E-state index contributed by atoms with van der Waals surface area (Å²) in [4.78, 5) is 12.3. The standard InChI is InChI=1S/C18H15Br2NO2/c1-9-3-12-8-13(18(23)21-16(12)4-10(9)2)5-11-6-14(19)17(22)15(20)7-11/h3-7,22H,8H2,1-2H3,(H,21,23)/b13-5+. The number of benzene rings is 2. The maximum atomic E-state index is 12.3. The Balaban J connectivity index is 2.01. The summed E-state index contributed by atoms with van der Waals surface area (Å²) in [6, 6.07) is 7.72. The second-order valence-electron chi connectivity index (χ2n) is 5.73. The Kier molecular flexibility index (Phi) is 4.34. The monoisotopic (exact) mass is 435 g/mol. The third kappa shape index (κ3) is 3.21. The second-order valence-corrected chi connectivity index (χ2v) is 7.44. The molecule has 0 bridgehead atoms. The molecule has 0 fully saturated rings. The highest BCUT2D eigenvalue weighted by atomic mass is 79.9. The van der Waals surface area contributed by atoms with E-state index in [9.17, 15) is 9.90 Å². The van der Waals surface area contributed by atoms with Gasteiger partial charge in [0.05, 0.1) is 8.95 Å². The second kappa shape index (κ2) is 6.13. The van der Waals surface area contributed by atoms with Crippen molar-refractivity contribution in [2.75, 3.05) is 5.32 Å². The lowest BCUT2D eigenvalue weighted by molar-refractivity contribution is -0.113. The van der Waals surface area contributed by atoms with Crippen molar-refractivity contribution >= 4 is 49.5 Å². The van der Waals surface area contributed by atoms with Gasteiger partial charge < -0.3 is 10.4 Å². The molecular formula is C18H15Br2NO2. The van der Waals surface area contributed by atoms with E-state index in [0.717, 1.165) is 16.8 Å². The minimum atomic E-state index is -0.0823. The van der Waals surface area contributed by atoms with Gasteiger partial charge in [-0.3, -0.25) is 4.79 Å². The summed E-state index contributed by atoms with van der Waals surface area (Å²) in [6.07, 6.45) is 2.45. The largest absolute Gasteiger partial charge is 0.506 e. The average Bonchev–Trinajstić information content (AvgIpc) is 2.48. The van der Waals surface area contributed by atoms with E-state index in [-0.39, 0.29) is 11.7 Å². The minimum absolute atomic E-state index is 0.0823. The van der Waals surface area contributed by atoms with Gasteiger partial charge in [-0.1, -0.05) is 6.07 Å². The van der Waals surface area contributed by atoms with E-state index in [0.29, 0.717) is 20.9 Å². The van der Waals surface area contributed by atoms with E-state index in [1.807, 2.05) is 19.1 Å². The summed E-state index contributed by atoms with van der Waals surface area (Å²) in [5.74, 6) is 0.0674. The number of rotatable bonds is 1. The van der Waals surface area contributed by atoms with E-state index in [2.05, 4.69) is 50.2 Å². The minimum Gasteiger partial charge on any atom is -0.506 e. The maximum absolute atomic E-state index is 12.3. The van der Waals surface area contributed by atoms with Gasteiger partial charge in [-0.15, -0.1) is 0 Å². The number of carbonyl (C=O) groups excluding carboxylic acids is 1. The molecule has 1 aliphatic rings. The van der Waals surface area contributed by atoms with E-state index in [1.54, 1.807) is 12.1 Å². The average molecular weight is 437 g/mol. The quantitative estimate of drug-likeness (QED) is 0.610. The maximum Gasteiger partial charge on any atom is 0.251 e. The molecule has 2 aromatic rings. The molecule has 0 aliphatic carbocycles. The van der Waals surface area contributed by atoms with Crippen LogP contribution in [0.25, 0.3) is 6.08 Å². The van der Waals surface area contributed by atoms with Crippen LogP contribution in [0.4, 0.5) is 5.69 Å². The van der Waals surface area contributed by atoms with Crippen molar-refractivity contribution in [1.82, 2.24) is 0 Å². The lowest BCUT2D eigenvalue weighted by Crippen LogP contribution is -2.22. The molecule has 1 heterocycles. The van der Waals surface area contributed by atoms with E-state index >= 15 is 0 Å².